The van der Waals surface area contributed by atoms with Gasteiger partial charge in [-0.2, -0.15) is 11.8 Å². The Morgan fingerprint density at radius 2 is 1.69 bits per heavy atom. The summed E-state index contributed by atoms with van der Waals surface area (Å²) in [6.07, 6.45) is 17.4. The first-order valence-corrected chi connectivity index (χ1v) is 15.7. The normalized spacial score (nSPS) is 11.8. The molecule has 3 heteroatoms. The van der Waals surface area contributed by atoms with Crippen LogP contribution in [0.5, 0.6) is 0 Å². The van der Waals surface area contributed by atoms with E-state index in [0.717, 1.165) is 69.7 Å². The van der Waals surface area contributed by atoms with Crippen LogP contribution in [0.4, 0.5) is 0 Å². The molecule has 0 aliphatic carbocycles. The van der Waals surface area contributed by atoms with Gasteiger partial charge >= 0.3 is 0 Å². The number of ketones is 1. The molecule has 1 aromatic rings. The summed E-state index contributed by atoms with van der Waals surface area (Å²) in [5, 5.41) is 0. The largest absolute Gasteiger partial charge is 0.381 e. The molecule has 0 radical (unpaired) electrons. The number of unbranched alkanes of at least 4 members (excludes halogenated alkanes) is 1. The molecule has 1 unspecified atom stereocenters. The van der Waals surface area contributed by atoms with E-state index < -0.39 is 0 Å². The summed E-state index contributed by atoms with van der Waals surface area (Å²) in [5.74, 6) is 3.34. The number of allylic oxidation sites excluding steroid dienone is 3. The number of ether oxygens (including phenoxy) is 1. The monoisotopic (exact) mass is 516 g/mol. The van der Waals surface area contributed by atoms with Crippen LogP contribution >= 0.6 is 11.8 Å². The van der Waals surface area contributed by atoms with Crippen LogP contribution in [0.3, 0.4) is 0 Å². The van der Waals surface area contributed by atoms with E-state index >= 15 is 0 Å². The van der Waals surface area contributed by atoms with Crippen molar-refractivity contribution >= 4 is 17.5 Å². The molecule has 0 saturated carbocycles. The van der Waals surface area contributed by atoms with Crippen molar-refractivity contribution in [1.29, 1.82) is 0 Å². The lowest BCUT2D eigenvalue weighted by Crippen LogP contribution is -2.03. The van der Waals surface area contributed by atoms with Crippen LogP contribution in [0.2, 0.25) is 0 Å². The van der Waals surface area contributed by atoms with Crippen LogP contribution < -0.4 is 0 Å². The Kier molecular flexibility index (Phi) is 24.4. The molecule has 0 spiro atoms. The van der Waals surface area contributed by atoms with E-state index in [4.69, 9.17) is 4.74 Å². The van der Waals surface area contributed by atoms with E-state index in [1.165, 1.54) is 42.4 Å². The zero-order chi connectivity index (χ0) is 26.9. The molecule has 0 fully saturated rings. The van der Waals surface area contributed by atoms with Crippen molar-refractivity contribution in [2.45, 2.75) is 112 Å². The standard InChI is InChI=1S/C20H30.C13H26O2S/c1-5-10-19-13-9-14-20(16-19)12-8-7-11-18(6-2)15-17(3)4;1-3-5-10-15-11-6-8-13(14)9-7-12-16-4-2/h7,9,11,13-14,16,18H,3,5-6,8,10,12,15H2,1-2,4H3;3-12H2,1-2H3/b11-7+;. The minimum absolute atomic E-state index is 0.399. The number of hydrogen-bond donors (Lipinski definition) is 0. The molecule has 1 rings (SSSR count). The fourth-order valence-corrected chi connectivity index (χ4v) is 4.56. The first-order valence-electron chi connectivity index (χ1n) is 14.5. The highest BCUT2D eigenvalue weighted by molar-refractivity contribution is 7.99. The molecule has 36 heavy (non-hydrogen) atoms. The Bertz CT molecular complexity index is 695. The van der Waals surface area contributed by atoms with Gasteiger partial charge in [-0.15, -0.1) is 6.58 Å². The molecule has 0 saturated heterocycles. The molecule has 0 heterocycles. The molecule has 206 valence electrons. The van der Waals surface area contributed by atoms with Gasteiger partial charge in [0.25, 0.3) is 0 Å². The predicted molar refractivity (Wildman–Crippen MR) is 163 cm³/mol. The zero-order valence-electron chi connectivity index (χ0n) is 24.3. The van der Waals surface area contributed by atoms with Crippen LogP contribution in [0, 0.1) is 5.92 Å². The third kappa shape index (κ3) is 21.9. The average Bonchev–Trinajstić information content (AvgIpc) is 2.86. The van der Waals surface area contributed by atoms with Gasteiger partial charge in [-0.3, -0.25) is 4.79 Å². The summed E-state index contributed by atoms with van der Waals surface area (Å²) in [4.78, 5) is 11.4. The summed E-state index contributed by atoms with van der Waals surface area (Å²) in [6, 6.07) is 9.05. The number of thioether (sulfide) groups is 1. The second kappa shape index (κ2) is 25.3. The summed E-state index contributed by atoms with van der Waals surface area (Å²) >= 11 is 1.91. The van der Waals surface area contributed by atoms with Crippen molar-refractivity contribution in [1.82, 2.24) is 0 Å². The van der Waals surface area contributed by atoms with E-state index in [1.807, 2.05) is 11.8 Å². The maximum atomic E-state index is 11.4. The third-order valence-corrected chi connectivity index (χ3v) is 6.99. The SMILES string of the molecule is C=C(C)CC(/C=C/CCc1cccc(CCC)c1)CC.CCCCOCCCC(=O)CCCSCC. The summed E-state index contributed by atoms with van der Waals surface area (Å²) in [5.41, 5.74) is 4.23. The lowest BCUT2D eigenvalue weighted by atomic mass is 9.97. The lowest BCUT2D eigenvalue weighted by molar-refractivity contribution is -0.119. The molecule has 0 aliphatic heterocycles. The lowest BCUT2D eigenvalue weighted by Gasteiger charge is -2.09. The molecule has 2 nitrogen and oxygen atoms in total. The Morgan fingerprint density at radius 3 is 2.33 bits per heavy atom. The second-order valence-corrected chi connectivity index (χ2v) is 11.2. The average molecular weight is 517 g/mol. The van der Waals surface area contributed by atoms with E-state index in [9.17, 15) is 4.79 Å². The van der Waals surface area contributed by atoms with Crippen LogP contribution in [-0.2, 0) is 22.4 Å². The molecule has 0 amide bonds. The first kappa shape index (κ1) is 34.7. The zero-order valence-corrected chi connectivity index (χ0v) is 25.1. The fourth-order valence-electron chi connectivity index (χ4n) is 3.92. The fraction of sp³-hybridized carbons (Fsp3) is 0.667. The highest BCUT2D eigenvalue weighted by atomic mass is 32.2. The van der Waals surface area contributed by atoms with E-state index in [1.54, 1.807) is 0 Å². The first-order chi connectivity index (χ1) is 17.5. The number of hydrogen-bond acceptors (Lipinski definition) is 3. The van der Waals surface area contributed by atoms with Crippen LogP contribution in [0.1, 0.15) is 110 Å². The highest BCUT2D eigenvalue weighted by Gasteiger charge is 2.02. The van der Waals surface area contributed by atoms with E-state index in [-0.39, 0.29) is 0 Å². The Hall–Kier alpha value is -1.32. The van der Waals surface area contributed by atoms with Gasteiger partial charge in [-0.25, -0.2) is 0 Å². The van der Waals surface area contributed by atoms with E-state index in [0.29, 0.717) is 18.1 Å². The quantitative estimate of drug-likeness (QED) is 0.120. The maximum Gasteiger partial charge on any atom is 0.133 e. The van der Waals surface area contributed by atoms with E-state index in [2.05, 4.69) is 77.6 Å². The van der Waals surface area contributed by atoms with Crippen molar-refractivity contribution in [3.63, 3.8) is 0 Å². The van der Waals surface area contributed by atoms with Gasteiger partial charge in [0.15, 0.2) is 0 Å². The van der Waals surface area contributed by atoms with Gasteiger partial charge in [-0.1, -0.05) is 82.5 Å². The number of Topliss-reactive ketones (excluding diaryl/α,β-unsaturated/α-hetero) is 1. The predicted octanol–water partition coefficient (Wildman–Crippen LogP) is 9.81. The smallest absolute Gasteiger partial charge is 0.133 e. The number of carbonyl (C=O) groups excluding carboxylic acids is 1. The Morgan fingerprint density at radius 1 is 1.00 bits per heavy atom. The maximum absolute atomic E-state index is 11.4. The molecule has 0 N–H and O–H groups in total. The number of aryl methyl sites for hydroxylation is 2. The Labute approximate surface area is 228 Å². The number of rotatable bonds is 21. The second-order valence-electron chi connectivity index (χ2n) is 9.77. The van der Waals surface area contributed by atoms with Crippen molar-refractivity contribution < 1.29 is 9.53 Å². The summed E-state index contributed by atoms with van der Waals surface area (Å²) in [7, 11) is 0. The van der Waals surface area contributed by atoms with Crippen LogP contribution in [0.25, 0.3) is 0 Å². The number of benzene rings is 1. The van der Waals surface area contributed by atoms with Crippen molar-refractivity contribution in [3.8, 4) is 0 Å². The third-order valence-electron chi connectivity index (χ3n) is 6.01. The highest BCUT2D eigenvalue weighted by Crippen LogP contribution is 2.16. The van der Waals surface area contributed by atoms with Gasteiger partial charge in [0.2, 0.25) is 0 Å². The van der Waals surface area contributed by atoms with Crippen LogP contribution in [-0.4, -0.2) is 30.5 Å². The minimum atomic E-state index is 0.399. The van der Waals surface area contributed by atoms with Gasteiger partial charge in [0.05, 0.1) is 0 Å². The number of carbonyl (C=O) groups is 1. The molecule has 1 aromatic carbocycles. The molecule has 0 aromatic heterocycles. The van der Waals surface area contributed by atoms with Gasteiger partial charge < -0.3 is 4.74 Å². The molecule has 0 aliphatic rings. The van der Waals surface area contributed by atoms with Crippen molar-refractivity contribution in [3.05, 3.63) is 59.7 Å². The van der Waals surface area contributed by atoms with Gasteiger partial charge in [0, 0.05) is 26.1 Å². The van der Waals surface area contributed by atoms with Crippen molar-refractivity contribution in [2.75, 3.05) is 24.7 Å². The molecule has 0 bridgehead atoms. The topological polar surface area (TPSA) is 26.3 Å². The summed E-state index contributed by atoms with van der Waals surface area (Å²) < 4.78 is 5.41. The van der Waals surface area contributed by atoms with Crippen molar-refractivity contribution in [2.24, 2.45) is 5.92 Å². The van der Waals surface area contributed by atoms with Gasteiger partial charge in [-0.05, 0) is 86.8 Å². The minimum Gasteiger partial charge on any atom is -0.381 e. The Balaban J connectivity index is 0.000000700. The molecular formula is C33H56O2S. The molecular weight excluding hydrogens is 460 g/mol. The van der Waals surface area contributed by atoms with Gasteiger partial charge in [0.1, 0.15) is 5.78 Å². The summed E-state index contributed by atoms with van der Waals surface area (Å²) in [6.45, 7) is 16.5. The molecule has 1 atom stereocenters. The van der Waals surface area contributed by atoms with Crippen LogP contribution in [0.15, 0.2) is 48.6 Å².